The predicted molar refractivity (Wildman–Crippen MR) is 121 cm³/mol. The van der Waals surface area contributed by atoms with Crippen LogP contribution in [0.2, 0.25) is 0 Å². The first-order valence-electron chi connectivity index (χ1n) is 10.2. The van der Waals surface area contributed by atoms with Gasteiger partial charge in [0.25, 0.3) is 11.5 Å². The quantitative estimate of drug-likeness (QED) is 0.671. The maximum Gasteiger partial charge on any atom is 0.254 e. The van der Waals surface area contributed by atoms with Gasteiger partial charge in [-0.2, -0.15) is 0 Å². The normalized spacial score (nSPS) is 11.7. The Bertz CT molecular complexity index is 1120. The Labute approximate surface area is 177 Å². The predicted octanol–water partition coefficient (Wildman–Crippen LogP) is 4.08. The largest absolute Gasteiger partial charge is 0.395 e. The summed E-state index contributed by atoms with van der Waals surface area (Å²) < 4.78 is 0. The molecule has 30 heavy (non-hydrogen) atoms. The van der Waals surface area contributed by atoms with E-state index in [0.29, 0.717) is 11.1 Å². The zero-order valence-electron chi connectivity index (χ0n) is 18.4. The minimum atomic E-state index is -0.213. The molecule has 0 saturated heterocycles. The van der Waals surface area contributed by atoms with Crippen LogP contribution in [-0.2, 0) is 12.0 Å². The van der Waals surface area contributed by atoms with Crippen molar-refractivity contribution in [1.82, 2.24) is 9.88 Å². The Morgan fingerprint density at radius 1 is 1.07 bits per heavy atom. The molecule has 0 spiro atoms. The van der Waals surface area contributed by atoms with Gasteiger partial charge < -0.3 is 15.0 Å². The van der Waals surface area contributed by atoms with Gasteiger partial charge in [-0.25, -0.2) is 0 Å². The Morgan fingerprint density at radius 3 is 2.33 bits per heavy atom. The number of nitrogens with zero attached hydrogens (tertiary/aromatic N) is 1. The van der Waals surface area contributed by atoms with Gasteiger partial charge in [0.2, 0.25) is 0 Å². The zero-order chi connectivity index (χ0) is 22.1. The fraction of sp³-hybridized carbons (Fsp3) is 0.360. The minimum Gasteiger partial charge on any atom is -0.395 e. The summed E-state index contributed by atoms with van der Waals surface area (Å²) in [7, 11) is 0. The molecule has 1 aromatic heterocycles. The van der Waals surface area contributed by atoms with E-state index in [9.17, 15) is 14.7 Å². The topological polar surface area (TPSA) is 73.4 Å². The highest BCUT2D eigenvalue weighted by Gasteiger charge is 2.19. The Kier molecular flexibility index (Phi) is 6.13. The van der Waals surface area contributed by atoms with Crippen LogP contribution >= 0.6 is 0 Å². The molecule has 0 aliphatic rings. The van der Waals surface area contributed by atoms with Crippen molar-refractivity contribution in [3.8, 4) is 0 Å². The summed E-state index contributed by atoms with van der Waals surface area (Å²) in [6, 6.07) is 13.4. The van der Waals surface area contributed by atoms with Gasteiger partial charge in [-0.1, -0.05) is 45.0 Å². The number of rotatable bonds is 5. The number of hydrogen-bond acceptors (Lipinski definition) is 3. The summed E-state index contributed by atoms with van der Waals surface area (Å²) in [4.78, 5) is 30.2. The van der Waals surface area contributed by atoms with E-state index >= 15 is 0 Å². The standard InChI is InChI=1S/C25H30N2O3/c1-16-6-7-19-14-20(23(29)26-22(19)17(16)2)15-27(12-13-28)24(30)18-8-10-21(11-9-18)25(3,4)5/h6-11,14,28H,12-13,15H2,1-5H3,(H,26,29). The van der Waals surface area contributed by atoms with Crippen molar-refractivity contribution in [2.24, 2.45) is 0 Å². The van der Waals surface area contributed by atoms with Crippen LogP contribution in [0.5, 0.6) is 0 Å². The Hall–Kier alpha value is -2.92. The van der Waals surface area contributed by atoms with Gasteiger partial charge in [-0.15, -0.1) is 0 Å². The van der Waals surface area contributed by atoms with Gasteiger partial charge >= 0.3 is 0 Å². The van der Waals surface area contributed by atoms with E-state index in [1.807, 2.05) is 56.3 Å². The van der Waals surface area contributed by atoms with Crippen LogP contribution in [0, 0.1) is 13.8 Å². The molecule has 0 aliphatic heterocycles. The van der Waals surface area contributed by atoms with Crippen molar-refractivity contribution < 1.29 is 9.90 Å². The third kappa shape index (κ3) is 4.46. The molecule has 1 heterocycles. The second-order valence-electron chi connectivity index (χ2n) is 8.87. The average Bonchev–Trinajstić information content (AvgIpc) is 2.70. The third-order valence-electron chi connectivity index (χ3n) is 5.64. The van der Waals surface area contributed by atoms with Crippen molar-refractivity contribution in [1.29, 1.82) is 0 Å². The van der Waals surface area contributed by atoms with Crippen molar-refractivity contribution in [2.75, 3.05) is 13.2 Å². The molecule has 0 saturated carbocycles. The smallest absolute Gasteiger partial charge is 0.254 e. The molecular formula is C25H30N2O3. The molecular weight excluding hydrogens is 376 g/mol. The van der Waals surface area contributed by atoms with Crippen molar-refractivity contribution in [2.45, 2.75) is 46.6 Å². The van der Waals surface area contributed by atoms with E-state index in [1.54, 1.807) is 0 Å². The molecule has 1 amide bonds. The number of aromatic amines is 1. The first kappa shape index (κ1) is 21.8. The number of benzene rings is 2. The zero-order valence-corrected chi connectivity index (χ0v) is 18.4. The molecule has 0 fully saturated rings. The van der Waals surface area contributed by atoms with E-state index in [2.05, 4.69) is 25.8 Å². The summed E-state index contributed by atoms with van der Waals surface area (Å²) in [5, 5.41) is 10.4. The van der Waals surface area contributed by atoms with Gasteiger partial charge in [0.15, 0.2) is 0 Å². The number of aliphatic hydroxyl groups excluding tert-OH is 1. The van der Waals surface area contributed by atoms with Crippen LogP contribution in [0.15, 0.2) is 47.3 Å². The number of nitrogens with one attached hydrogen (secondary N) is 1. The number of aryl methyl sites for hydroxylation is 2. The first-order chi connectivity index (χ1) is 14.1. The molecule has 0 atom stereocenters. The molecule has 158 valence electrons. The van der Waals surface area contributed by atoms with E-state index in [1.165, 1.54) is 4.90 Å². The molecule has 0 bridgehead atoms. The van der Waals surface area contributed by atoms with Crippen LogP contribution in [0.1, 0.15) is 53.4 Å². The number of carbonyl (C=O) groups is 1. The molecule has 0 aliphatic carbocycles. The van der Waals surface area contributed by atoms with E-state index in [4.69, 9.17) is 0 Å². The van der Waals surface area contributed by atoms with Gasteiger partial charge in [-0.05, 0) is 59.5 Å². The SMILES string of the molecule is Cc1ccc2cc(CN(CCO)C(=O)c3ccc(C(C)(C)C)cc3)c(=O)[nH]c2c1C. The first-order valence-corrected chi connectivity index (χ1v) is 10.2. The Morgan fingerprint density at radius 2 is 1.73 bits per heavy atom. The van der Waals surface area contributed by atoms with E-state index in [0.717, 1.165) is 27.6 Å². The second kappa shape index (κ2) is 8.44. The fourth-order valence-corrected chi connectivity index (χ4v) is 3.56. The highest BCUT2D eigenvalue weighted by Crippen LogP contribution is 2.23. The number of amides is 1. The minimum absolute atomic E-state index is 0.00123. The number of carbonyl (C=O) groups excluding carboxylic acids is 1. The van der Waals surface area contributed by atoms with Gasteiger partial charge in [0, 0.05) is 17.7 Å². The lowest BCUT2D eigenvalue weighted by Crippen LogP contribution is -2.35. The van der Waals surface area contributed by atoms with Crippen LogP contribution in [0.25, 0.3) is 10.9 Å². The molecule has 2 aromatic carbocycles. The van der Waals surface area contributed by atoms with Crippen molar-refractivity contribution in [3.63, 3.8) is 0 Å². The highest BCUT2D eigenvalue weighted by molar-refractivity contribution is 5.94. The average molecular weight is 407 g/mol. The maximum atomic E-state index is 13.1. The lowest BCUT2D eigenvalue weighted by Gasteiger charge is -2.23. The molecule has 0 unspecified atom stereocenters. The second-order valence-corrected chi connectivity index (χ2v) is 8.87. The fourth-order valence-electron chi connectivity index (χ4n) is 3.56. The van der Waals surface area contributed by atoms with Crippen molar-refractivity contribution in [3.05, 3.63) is 80.6 Å². The molecule has 3 rings (SSSR count). The van der Waals surface area contributed by atoms with Crippen molar-refractivity contribution >= 4 is 16.8 Å². The Balaban J connectivity index is 1.92. The number of H-pyrrole nitrogens is 1. The number of fused-ring (bicyclic) bond motifs is 1. The van der Waals surface area contributed by atoms with E-state index in [-0.39, 0.29) is 36.6 Å². The summed E-state index contributed by atoms with van der Waals surface area (Å²) >= 11 is 0. The van der Waals surface area contributed by atoms with E-state index < -0.39 is 0 Å². The third-order valence-corrected chi connectivity index (χ3v) is 5.64. The van der Waals surface area contributed by atoms with Gasteiger partial charge in [-0.3, -0.25) is 9.59 Å². The number of pyridine rings is 1. The van der Waals surface area contributed by atoms with Gasteiger partial charge in [0.05, 0.1) is 18.7 Å². The highest BCUT2D eigenvalue weighted by atomic mass is 16.3. The van der Waals surface area contributed by atoms with Crippen LogP contribution in [0.3, 0.4) is 0 Å². The lowest BCUT2D eigenvalue weighted by molar-refractivity contribution is 0.0707. The number of aliphatic hydroxyl groups is 1. The molecule has 2 N–H and O–H groups in total. The summed E-state index contributed by atoms with van der Waals surface area (Å²) in [6.07, 6.45) is 0. The monoisotopic (exact) mass is 406 g/mol. The molecule has 5 nitrogen and oxygen atoms in total. The molecule has 5 heteroatoms. The maximum absolute atomic E-state index is 13.1. The van der Waals surface area contributed by atoms with Gasteiger partial charge in [0.1, 0.15) is 0 Å². The molecule has 0 radical (unpaired) electrons. The van der Waals surface area contributed by atoms with Crippen LogP contribution < -0.4 is 5.56 Å². The lowest BCUT2D eigenvalue weighted by atomic mass is 9.86. The summed E-state index contributed by atoms with van der Waals surface area (Å²) in [6.45, 7) is 10.5. The van der Waals surface area contributed by atoms with Crippen LogP contribution in [-0.4, -0.2) is 34.0 Å². The number of aromatic nitrogens is 1. The summed E-state index contributed by atoms with van der Waals surface area (Å²) in [5.74, 6) is -0.205. The number of hydrogen-bond donors (Lipinski definition) is 2. The molecule has 3 aromatic rings. The van der Waals surface area contributed by atoms with Crippen LogP contribution in [0.4, 0.5) is 0 Å². The summed E-state index contributed by atoms with van der Waals surface area (Å²) in [5.41, 5.74) is 4.95.